The second kappa shape index (κ2) is 8.52. The van der Waals surface area contributed by atoms with Gasteiger partial charge in [-0.15, -0.1) is 0 Å². The number of amides is 1. The van der Waals surface area contributed by atoms with Gasteiger partial charge in [0.05, 0.1) is 5.69 Å². The highest BCUT2D eigenvalue weighted by atomic mass is 16.5. The Labute approximate surface area is 127 Å². The van der Waals surface area contributed by atoms with Crippen LogP contribution in [0.4, 0.5) is 5.69 Å². The summed E-state index contributed by atoms with van der Waals surface area (Å²) in [7, 11) is 4.00. The van der Waals surface area contributed by atoms with E-state index in [0.717, 1.165) is 13.1 Å². The molecule has 1 aromatic rings. The smallest absolute Gasteiger partial charge is 0.260 e. The lowest BCUT2D eigenvalue weighted by Gasteiger charge is -2.26. The van der Waals surface area contributed by atoms with E-state index in [9.17, 15) is 4.79 Å². The van der Waals surface area contributed by atoms with E-state index >= 15 is 0 Å². The zero-order chi connectivity index (χ0) is 15.8. The van der Waals surface area contributed by atoms with E-state index in [1.807, 2.05) is 31.1 Å². The van der Waals surface area contributed by atoms with Crippen molar-refractivity contribution >= 4 is 11.6 Å². The second-order valence-corrected chi connectivity index (χ2v) is 5.86. The van der Waals surface area contributed by atoms with Gasteiger partial charge in [-0.05, 0) is 32.1 Å². The zero-order valence-corrected chi connectivity index (χ0v) is 13.5. The van der Waals surface area contributed by atoms with Gasteiger partial charge in [-0.2, -0.15) is 0 Å². The van der Waals surface area contributed by atoms with Crippen molar-refractivity contribution in [3.63, 3.8) is 0 Å². The van der Waals surface area contributed by atoms with Crippen LogP contribution in [0.25, 0.3) is 0 Å². The molecule has 0 heterocycles. The number of ether oxygens (including phenoxy) is 1. The fourth-order valence-electron chi connectivity index (χ4n) is 1.92. The Morgan fingerprint density at radius 1 is 1.24 bits per heavy atom. The highest BCUT2D eigenvalue weighted by molar-refractivity contribution is 5.78. The molecule has 0 aliphatic rings. The zero-order valence-electron chi connectivity index (χ0n) is 13.5. The monoisotopic (exact) mass is 293 g/mol. The molecule has 0 atom stereocenters. The third-order valence-electron chi connectivity index (χ3n) is 3.03. The van der Waals surface area contributed by atoms with Gasteiger partial charge in [0.1, 0.15) is 5.75 Å². The first-order chi connectivity index (χ1) is 9.90. The summed E-state index contributed by atoms with van der Waals surface area (Å²) in [5, 5.41) is 0. The molecule has 0 saturated carbocycles. The van der Waals surface area contributed by atoms with Gasteiger partial charge in [0.25, 0.3) is 5.91 Å². The Morgan fingerprint density at radius 2 is 1.90 bits per heavy atom. The second-order valence-electron chi connectivity index (χ2n) is 5.86. The molecule has 0 fully saturated rings. The lowest BCUT2D eigenvalue weighted by Crippen LogP contribution is -2.41. The molecule has 5 heteroatoms. The standard InChI is InChI=1S/C16H27N3O2/c1-13(2)11-19(10-9-18(3)4)16(20)12-21-15-8-6-5-7-14(15)17/h5-8,13H,9-12,17H2,1-4H3. The fraction of sp³-hybridized carbons (Fsp3) is 0.562. The molecule has 118 valence electrons. The minimum atomic E-state index is -0.00574. The summed E-state index contributed by atoms with van der Waals surface area (Å²) >= 11 is 0. The van der Waals surface area contributed by atoms with E-state index in [0.29, 0.717) is 23.9 Å². The molecule has 0 aliphatic heterocycles. The van der Waals surface area contributed by atoms with Gasteiger partial charge in [0.2, 0.25) is 0 Å². The van der Waals surface area contributed by atoms with Crippen molar-refractivity contribution in [2.45, 2.75) is 13.8 Å². The van der Waals surface area contributed by atoms with Crippen LogP contribution >= 0.6 is 0 Å². The predicted octanol–water partition coefficient (Wildman–Crippen LogP) is 1.69. The minimum absolute atomic E-state index is 0.00574. The largest absolute Gasteiger partial charge is 0.482 e. The van der Waals surface area contributed by atoms with Gasteiger partial charge >= 0.3 is 0 Å². The van der Waals surface area contributed by atoms with E-state index < -0.39 is 0 Å². The molecule has 0 saturated heterocycles. The van der Waals surface area contributed by atoms with E-state index in [2.05, 4.69) is 18.7 Å². The number of nitrogens with two attached hydrogens (primary N) is 1. The molecule has 2 N–H and O–H groups in total. The SMILES string of the molecule is CC(C)CN(CCN(C)C)C(=O)COc1ccccc1N. The number of carbonyl (C=O) groups excluding carboxylic acids is 1. The Kier molecular flexibility index (Phi) is 7.02. The minimum Gasteiger partial charge on any atom is -0.482 e. The molecule has 0 radical (unpaired) electrons. The summed E-state index contributed by atoms with van der Waals surface area (Å²) < 4.78 is 5.54. The van der Waals surface area contributed by atoms with Crippen molar-refractivity contribution in [1.29, 1.82) is 0 Å². The van der Waals surface area contributed by atoms with Crippen molar-refractivity contribution < 1.29 is 9.53 Å². The van der Waals surface area contributed by atoms with Gasteiger partial charge in [-0.3, -0.25) is 4.79 Å². The van der Waals surface area contributed by atoms with Crippen LogP contribution in [0.15, 0.2) is 24.3 Å². The number of hydrogen-bond donors (Lipinski definition) is 1. The number of likely N-dealkylation sites (N-methyl/N-ethyl adjacent to an activating group) is 1. The van der Waals surface area contributed by atoms with Gasteiger partial charge in [-0.25, -0.2) is 0 Å². The summed E-state index contributed by atoms with van der Waals surface area (Å²) in [4.78, 5) is 16.2. The number of benzene rings is 1. The summed E-state index contributed by atoms with van der Waals surface area (Å²) in [6.45, 7) is 6.51. The Hall–Kier alpha value is -1.75. The summed E-state index contributed by atoms with van der Waals surface area (Å²) in [5.74, 6) is 0.981. The van der Waals surface area contributed by atoms with Gasteiger partial charge in [0, 0.05) is 19.6 Å². The highest BCUT2D eigenvalue weighted by Gasteiger charge is 2.16. The van der Waals surface area contributed by atoms with Gasteiger partial charge in [-0.1, -0.05) is 26.0 Å². The fourth-order valence-corrected chi connectivity index (χ4v) is 1.92. The average Bonchev–Trinajstić information content (AvgIpc) is 2.41. The van der Waals surface area contributed by atoms with E-state index in [1.54, 1.807) is 12.1 Å². The molecule has 0 unspecified atom stereocenters. The number of anilines is 1. The van der Waals surface area contributed by atoms with Crippen LogP contribution in [0.3, 0.4) is 0 Å². The van der Waals surface area contributed by atoms with Crippen LogP contribution in [-0.4, -0.2) is 56.0 Å². The van der Waals surface area contributed by atoms with E-state index in [4.69, 9.17) is 10.5 Å². The van der Waals surface area contributed by atoms with E-state index in [1.165, 1.54) is 0 Å². The molecular formula is C16H27N3O2. The Morgan fingerprint density at radius 3 is 2.48 bits per heavy atom. The lowest BCUT2D eigenvalue weighted by atomic mass is 10.2. The number of nitrogens with zero attached hydrogens (tertiary/aromatic N) is 2. The topological polar surface area (TPSA) is 58.8 Å². The van der Waals surface area contributed by atoms with Crippen molar-refractivity contribution in [3.8, 4) is 5.75 Å². The van der Waals surface area contributed by atoms with Crippen LogP contribution < -0.4 is 10.5 Å². The van der Waals surface area contributed by atoms with Crippen LogP contribution in [0.1, 0.15) is 13.8 Å². The molecule has 1 aromatic carbocycles. The molecule has 1 rings (SSSR count). The molecular weight excluding hydrogens is 266 g/mol. The number of hydrogen-bond acceptors (Lipinski definition) is 4. The molecule has 1 amide bonds. The number of nitrogen functional groups attached to an aromatic ring is 1. The molecule has 0 bridgehead atoms. The van der Waals surface area contributed by atoms with Crippen LogP contribution in [0.5, 0.6) is 5.75 Å². The summed E-state index contributed by atoms with van der Waals surface area (Å²) in [6, 6.07) is 7.22. The number of carbonyl (C=O) groups is 1. The van der Waals surface area contributed by atoms with Crippen LogP contribution in [0, 0.1) is 5.92 Å². The molecule has 0 aromatic heterocycles. The first-order valence-corrected chi connectivity index (χ1v) is 7.30. The maximum atomic E-state index is 12.3. The van der Waals surface area contributed by atoms with E-state index in [-0.39, 0.29) is 12.5 Å². The maximum absolute atomic E-state index is 12.3. The highest BCUT2D eigenvalue weighted by Crippen LogP contribution is 2.19. The Balaban J connectivity index is 2.57. The van der Waals surface area contributed by atoms with Crippen molar-refractivity contribution in [3.05, 3.63) is 24.3 Å². The van der Waals surface area contributed by atoms with Gasteiger partial charge < -0.3 is 20.3 Å². The molecule has 5 nitrogen and oxygen atoms in total. The third kappa shape index (κ3) is 6.49. The molecule has 21 heavy (non-hydrogen) atoms. The number of rotatable bonds is 8. The third-order valence-corrected chi connectivity index (χ3v) is 3.03. The first kappa shape index (κ1) is 17.3. The van der Waals surface area contributed by atoms with Gasteiger partial charge in [0.15, 0.2) is 6.61 Å². The molecule has 0 spiro atoms. The average molecular weight is 293 g/mol. The summed E-state index contributed by atoms with van der Waals surface area (Å²) in [5.41, 5.74) is 6.36. The predicted molar refractivity (Wildman–Crippen MR) is 86.3 cm³/mol. The van der Waals surface area contributed by atoms with Crippen molar-refractivity contribution in [2.75, 3.05) is 46.1 Å². The lowest BCUT2D eigenvalue weighted by molar-refractivity contribution is -0.134. The normalized spacial score (nSPS) is 11.0. The summed E-state index contributed by atoms with van der Waals surface area (Å²) in [6.07, 6.45) is 0. The van der Waals surface area contributed by atoms with Crippen LogP contribution in [-0.2, 0) is 4.79 Å². The quantitative estimate of drug-likeness (QED) is 0.741. The van der Waals surface area contributed by atoms with Crippen LogP contribution in [0.2, 0.25) is 0 Å². The number of para-hydroxylation sites is 2. The Bertz CT molecular complexity index is 447. The molecule has 0 aliphatic carbocycles. The van der Waals surface area contributed by atoms with Crippen molar-refractivity contribution in [1.82, 2.24) is 9.80 Å². The van der Waals surface area contributed by atoms with Crippen molar-refractivity contribution in [2.24, 2.45) is 5.92 Å². The maximum Gasteiger partial charge on any atom is 0.260 e. The first-order valence-electron chi connectivity index (χ1n) is 7.30.